The van der Waals surface area contributed by atoms with Crippen LogP contribution in [0.2, 0.25) is 5.02 Å². The Morgan fingerprint density at radius 2 is 1.91 bits per heavy atom. The second-order valence-electron chi connectivity index (χ2n) is 4.84. The van der Waals surface area contributed by atoms with Gasteiger partial charge in [0.15, 0.2) is 0 Å². The number of methoxy groups -OCH3 is 1. The summed E-state index contributed by atoms with van der Waals surface area (Å²) >= 11 is 5.90. The van der Waals surface area contributed by atoms with Gasteiger partial charge in [-0.3, -0.25) is 14.9 Å². The van der Waals surface area contributed by atoms with E-state index < -0.39 is 10.9 Å². The third-order valence-electron chi connectivity index (χ3n) is 3.12. The minimum absolute atomic E-state index is 0.00182. The molecular formula is C16H14ClNO5. The molecule has 0 bridgehead atoms. The quantitative estimate of drug-likeness (QED) is 0.360. The number of ether oxygens (including phenoxy) is 2. The van der Waals surface area contributed by atoms with Crippen molar-refractivity contribution < 1.29 is 19.2 Å². The fraction of sp³-hybridized carbons (Fsp3) is 0.188. The molecule has 2 aromatic carbocycles. The van der Waals surface area contributed by atoms with Crippen molar-refractivity contribution in [1.82, 2.24) is 0 Å². The van der Waals surface area contributed by atoms with Gasteiger partial charge in [-0.2, -0.15) is 0 Å². The number of carbonyl (C=O) groups is 1. The van der Waals surface area contributed by atoms with Crippen molar-refractivity contribution in [3.63, 3.8) is 0 Å². The van der Waals surface area contributed by atoms with Crippen LogP contribution in [-0.4, -0.2) is 18.0 Å². The number of halogens is 1. The molecule has 0 saturated carbocycles. The maximum atomic E-state index is 12.1. The maximum absolute atomic E-state index is 12.1. The summed E-state index contributed by atoms with van der Waals surface area (Å²) in [6.45, 7) is 1.90. The molecule has 0 aliphatic carbocycles. The van der Waals surface area contributed by atoms with E-state index in [0.717, 1.165) is 11.6 Å². The number of benzene rings is 2. The minimum Gasteiger partial charge on any atom is -0.496 e. The zero-order valence-corrected chi connectivity index (χ0v) is 13.3. The highest BCUT2D eigenvalue weighted by atomic mass is 35.5. The molecule has 23 heavy (non-hydrogen) atoms. The maximum Gasteiger partial charge on any atom is 0.315 e. The number of esters is 1. The number of hydrogen-bond acceptors (Lipinski definition) is 5. The monoisotopic (exact) mass is 335 g/mol. The third-order valence-corrected chi connectivity index (χ3v) is 3.42. The summed E-state index contributed by atoms with van der Waals surface area (Å²) in [5.41, 5.74) is 1.51. The topological polar surface area (TPSA) is 78.7 Å². The Bertz CT molecular complexity index is 760. The predicted molar refractivity (Wildman–Crippen MR) is 85.2 cm³/mol. The predicted octanol–water partition coefficient (Wildman–Crippen LogP) is 3.71. The lowest BCUT2D eigenvalue weighted by molar-refractivity contribution is -0.384. The fourth-order valence-electron chi connectivity index (χ4n) is 2.05. The molecule has 120 valence electrons. The van der Waals surface area contributed by atoms with E-state index in [4.69, 9.17) is 21.1 Å². The number of non-ortho nitro benzene ring substituents is 1. The molecule has 0 spiro atoms. The second-order valence-corrected chi connectivity index (χ2v) is 5.25. The smallest absolute Gasteiger partial charge is 0.315 e. The molecule has 0 N–H and O–H groups in total. The van der Waals surface area contributed by atoms with E-state index in [1.54, 1.807) is 6.07 Å². The zero-order valence-electron chi connectivity index (χ0n) is 12.5. The average Bonchev–Trinajstić information content (AvgIpc) is 2.49. The Hall–Kier alpha value is -2.60. The van der Waals surface area contributed by atoms with Crippen molar-refractivity contribution in [2.75, 3.05) is 7.11 Å². The molecular weight excluding hydrogens is 322 g/mol. The molecule has 2 aromatic rings. The van der Waals surface area contributed by atoms with Crippen LogP contribution in [0, 0.1) is 17.0 Å². The molecule has 0 aromatic heterocycles. The molecule has 0 unspecified atom stereocenters. The van der Waals surface area contributed by atoms with E-state index in [0.29, 0.717) is 11.3 Å². The van der Waals surface area contributed by atoms with Gasteiger partial charge >= 0.3 is 5.97 Å². The van der Waals surface area contributed by atoms with Crippen molar-refractivity contribution >= 4 is 23.3 Å². The Labute approximate surface area is 137 Å². The summed E-state index contributed by atoms with van der Waals surface area (Å²) in [6, 6.07) is 9.14. The number of nitro groups is 1. The van der Waals surface area contributed by atoms with E-state index >= 15 is 0 Å². The van der Waals surface area contributed by atoms with Gasteiger partial charge in [0.25, 0.3) is 5.69 Å². The second kappa shape index (κ2) is 7.11. The molecule has 0 heterocycles. The van der Waals surface area contributed by atoms with Crippen LogP contribution in [0.5, 0.6) is 11.5 Å². The molecule has 0 saturated heterocycles. The Morgan fingerprint density at radius 1 is 1.22 bits per heavy atom. The van der Waals surface area contributed by atoms with E-state index in [2.05, 4.69) is 0 Å². The van der Waals surface area contributed by atoms with E-state index in [9.17, 15) is 14.9 Å². The molecule has 0 fully saturated rings. The fourth-order valence-corrected chi connectivity index (χ4v) is 2.26. The van der Waals surface area contributed by atoms with Crippen molar-refractivity contribution in [2.24, 2.45) is 0 Å². The number of rotatable bonds is 5. The molecule has 0 aliphatic rings. The summed E-state index contributed by atoms with van der Waals surface area (Å²) in [4.78, 5) is 22.1. The van der Waals surface area contributed by atoms with Crippen molar-refractivity contribution in [2.45, 2.75) is 13.3 Å². The highest BCUT2D eigenvalue weighted by Gasteiger charge is 2.15. The first kappa shape index (κ1) is 16.8. The van der Waals surface area contributed by atoms with Crippen molar-refractivity contribution in [3.05, 3.63) is 62.7 Å². The highest BCUT2D eigenvalue weighted by molar-refractivity contribution is 6.32. The van der Waals surface area contributed by atoms with Gasteiger partial charge in [0.1, 0.15) is 11.5 Å². The summed E-state index contributed by atoms with van der Waals surface area (Å²) in [7, 11) is 1.52. The van der Waals surface area contributed by atoms with Crippen LogP contribution >= 0.6 is 11.6 Å². The van der Waals surface area contributed by atoms with E-state index in [-0.39, 0.29) is 22.9 Å². The normalized spacial score (nSPS) is 10.2. The summed E-state index contributed by atoms with van der Waals surface area (Å²) in [6.07, 6.45) is -0.00182. The van der Waals surface area contributed by atoms with Crippen molar-refractivity contribution in [3.8, 4) is 11.5 Å². The SMILES string of the molecule is COc1ccc(C)cc1CC(=O)Oc1ccc([N+](=O)[O-])cc1Cl. The van der Waals surface area contributed by atoms with Crippen LogP contribution in [0.3, 0.4) is 0 Å². The van der Waals surface area contributed by atoms with Crippen LogP contribution in [0.1, 0.15) is 11.1 Å². The van der Waals surface area contributed by atoms with Crippen LogP contribution in [-0.2, 0) is 11.2 Å². The first-order chi connectivity index (χ1) is 10.9. The molecule has 0 radical (unpaired) electrons. The van der Waals surface area contributed by atoms with Gasteiger partial charge in [-0.1, -0.05) is 29.3 Å². The van der Waals surface area contributed by atoms with Gasteiger partial charge in [0.2, 0.25) is 0 Å². The van der Waals surface area contributed by atoms with E-state index in [1.165, 1.54) is 19.2 Å². The first-order valence-corrected chi connectivity index (χ1v) is 7.06. The van der Waals surface area contributed by atoms with Crippen LogP contribution in [0.4, 0.5) is 5.69 Å². The summed E-state index contributed by atoms with van der Waals surface area (Å²) < 4.78 is 10.4. The Balaban J connectivity index is 2.14. The largest absolute Gasteiger partial charge is 0.496 e. The lowest BCUT2D eigenvalue weighted by Crippen LogP contribution is -2.12. The summed E-state index contributed by atoms with van der Waals surface area (Å²) in [5.74, 6) is 0.126. The zero-order chi connectivity index (χ0) is 17.0. The standard InChI is InChI=1S/C16H14ClNO5/c1-10-3-5-14(22-2)11(7-10)8-16(19)23-15-6-4-12(18(20)21)9-13(15)17/h3-7,9H,8H2,1-2H3. The van der Waals surface area contributed by atoms with Crippen LogP contribution in [0.25, 0.3) is 0 Å². The van der Waals surface area contributed by atoms with Crippen LogP contribution in [0.15, 0.2) is 36.4 Å². The minimum atomic E-state index is -0.574. The number of carbonyl (C=O) groups excluding carboxylic acids is 1. The van der Waals surface area contributed by atoms with Crippen LogP contribution < -0.4 is 9.47 Å². The number of nitro benzene ring substituents is 1. The molecule has 7 heteroatoms. The van der Waals surface area contributed by atoms with E-state index in [1.807, 2.05) is 19.1 Å². The summed E-state index contributed by atoms with van der Waals surface area (Å²) in [5, 5.41) is 10.7. The molecule has 0 atom stereocenters. The number of hydrogen-bond donors (Lipinski definition) is 0. The molecule has 0 aliphatic heterocycles. The number of aryl methyl sites for hydroxylation is 1. The van der Waals surface area contributed by atoms with Gasteiger partial charge in [0, 0.05) is 17.7 Å². The van der Waals surface area contributed by atoms with Gasteiger partial charge < -0.3 is 9.47 Å². The molecule has 6 nitrogen and oxygen atoms in total. The molecule has 2 rings (SSSR count). The van der Waals surface area contributed by atoms with Gasteiger partial charge in [-0.25, -0.2) is 0 Å². The van der Waals surface area contributed by atoms with Gasteiger partial charge in [-0.15, -0.1) is 0 Å². The lowest BCUT2D eigenvalue weighted by atomic mass is 10.1. The first-order valence-electron chi connectivity index (χ1n) is 6.69. The van der Waals surface area contributed by atoms with Gasteiger partial charge in [0.05, 0.1) is 23.5 Å². The van der Waals surface area contributed by atoms with Gasteiger partial charge in [-0.05, 0) is 19.1 Å². The highest BCUT2D eigenvalue weighted by Crippen LogP contribution is 2.29. The van der Waals surface area contributed by atoms with Crippen molar-refractivity contribution in [1.29, 1.82) is 0 Å². The lowest BCUT2D eigenvalue weighted by Gasteiger charge is -2.10. The Morgan fingerprint density at radius 3 is 2.52 bits per heavy atom. The number of nitrogens with zero attached hydrogens (tertiary/aromatic N) is 1. The molecule has 0 amide bonds. The third kappa shape index (κ3) is 4.20. The Kier molecular flexibility index (Phi) is 5.18. The average molecular weight is 336 g/mol.